The molecule has 0 atom stereocenters. The Balaban J connectivity index is 1.78. The van der Waals surface area contributed by atoms with Gasteiger partial charge in [-0.2, -0.15) is 0 Å². The minimum atomic E-state index is -0.565. The van der Waals surface area contributed by atoms with Gasteiger partial charge < -0.3 is 14.0 Å². The van der Waals surface area contributed by atoms with Gasteiger partial charge in [-0.1, -0.05) is 11.6 Å². The zero-order chi connectivity index (χ0) is 24.6. The lowest BCUT2D eigenvalue weighted by Crippen LogP contribution is -2.54. The first kappa shape index (κ1) is 23.5. The predicted molar refractivity (Wildman–Crippen MR) is 136 cm³/mol. The number of nitrogens with zero attached hydrogens (tertiary/aromatic N) is 2. The van der Waals surface area contributed by atoms with Gasteiger partial charge in [0.2, 0.25) is 0 Å². The Morgan fingerprint density at radius 2 is 1.71 bits per heavy atom. The number of ether oxygens (including phenoxy) is 2. The SMILES string of the molecule is COc1ccc(OC)c(N2C(=O)/C(=C\c3cc(C)n(-c4ccc(Cl)cc4)c3C)C(=O)NC2=S)c1. The number of hydrogen-bond acceptors (Lipinski definition) is 5. The second-order valence-corrected chi connectivity index (χ2v) is 8.46. The van der Waals surface area contributed by atoms with Crippen LogP contribution in [0.1, 0.15) is 17.0 Å². The molecule has 1 fully saturated rings. The molecule has 0 spiro atoms. The molecule has 0 unspecified atom stereocenters. The summed E-state index contributed by atoms with van der Waals surface area (Å²) in [5.41, 5.74) is 3.79. The Labute approximate surface area is 207 Å². The number of amides is 2. The van der Waals surface area contributed by atoms with Gasteiger partial charge in [-0.15, -0.1) is 0 Å². The quantitative estimate of drug-likeness (QED) is 0.318. The van der Waals surface area contributed by atoms with Crippen molar-refractivity contribution in [2.75, 3.05) is 19.1 Å². The van der Waals surface area contributed by atoms with Crippen LogP contribution in [0.4, 0.5) is 5.69 Å². The van der Waals surface area contributed by atoms with E-state index in [9.17, 15) is 9.59 Å². The zero-order valence-corrected chi connectivity index (χ0v) is 20.6. The predicted octanol–water partition coefficient (Wildman–Crippen LogP) is 4.60. The summed E-state index contributed by atoms with van der Waals surface area (Å²) in [6, 6.07) is 14.4. The standard InChI is InChI=1S/C25H22ClN3O4S/c1-14-11-16(15(2)28(14)18-7-5-17(26)6-8-18)12-20-23(30)27-25(34)29(24(20)31)21-13-19(32-3)9-10-22(21)33-4/h5-13H,1-4H3,(H,27,30,34)/b20-12-. The first-order valence-corrected chi connectivity index (χ1v) is 11.1. The fourth-order valence-corrected chi connectivity index (χ4v) is 4.32. The van der Waals surface area contributed by atoms with Crippen LogP contribution in [0, 0.1) is 13.8 Å². The van der Waals surface area contributed by atoms with E-state index < -0.39 is 11.8 Å². The zero-order valence-electron chi connectivity index (χ0n) is 19.0. The van der Waals surface area contributed by atoms with Gasteiger partial charge in [-0.25, -0.2) is 4.90 Å². The van der Waals surface area contributed by atoms with E-state index in [1.807, 2.05) is 48.7 Å². The summed E-state index contributed by atoms with van der Waals surface area (Å²) in [6.45, 7) is 3.88. The minimum Gasteiger partial charge on any atom is -0.497 e. The van der Waals surface area contributed by atoms with Crippen LogP contribution in [0.25, 0.3) is 11.8 Å². The highest BCUT2D eigenvalue weighted by Gasteiger charge is 2.36. The van der Waals surface area contributed by atoms with Gasteiger partial charge >= 0.3 is 0 Å². The van der Waals surface area contributed by atoms with Crippen molar-refractivity contribution in [1.29, 1.82) is 0 Å². The third-order valence-electron chi connectivity index (χ3n) is 5.58. The molecule has 34 heavy (non-hydrogen) atoms. The molecule has 1 N–H and O–H groups in total. The topological polar surface area (TPSA) is 72.8 Å². The van der Waals surface area contributed by atoms with Gasteiger partial charge in [-0.05, 0) is 80.2 Å². The number of carbonyl (C=O) groups excluding carboxylic acids is 2. The summed E-state index contributed by atoms with van der Waals surface area (Å²) in [4.78, 5) is 27.6. The Morgan fingerprint density at radius 3 is 2.35 bits per heavy atom. The maximum atomic E-state index is 13.5. The minimum absolute atomic E-state index is 0.0367. The molecule has 3 aromatic rings. The van der Waals surface area contributed by atoms with E-state index in [2.05, 4.69) is 5.32 Å². The lowest BCUT2D eigenvalue weighted by atomic mass is 10.1. The summed E-state index contributed by atoms with van der Waals surface area (Å²) < 4.78 is 12.7. The van der Waals surface area contributed by atoms with Crippen LogP contribution >= 0.6 is 23.8 Å². The number of halogens is 1. The van der Waals surface area contributed by atoms with Gasteiger partial charge in [0.1, 0.15) is 17.1 Å². The Morgan fingerprint density at radius 1 is 1.00 bits per heavy atom. The number of aryl methyl sites for hydroxylation is 1. The highest BCUT2D eigenvalue weighted by molar-refractivity contribution is 7.80. The molecule has 174 valence electrons. The molecule has 1 saturated heterocycles. The van der Waals surface area contributed by atoms with Crippen molar-refractivity contribution < 1.29 is 19.1 Å². The molecule has 0 bridgehead atoms. The molecule has 0 radical (unpaired) electrons. The average Bonchev–Trinajstić information content (AvgIpc) is 3.09. The van der Waals surface area contributed by atoms with Crippen molar-refractivity contribution in [3.8, 4) is 17.2 Å². The second kappa shape index (κ2) is 9.32. The average molecular weight is 496 g/mol. The number of carbonyl (C=O) groups is 2. The molecule has 2 heterocycles. The Bertz CT molecular complexity index is 1340. The molecule has 2 amide bonds. The molecule has 1 aliphatic rings. The first-order valence-electron chi connectivity index (χ1n) is 10.3. The molecule has 7 nitrogen and oxygen atoms in total. The molecule has 1 aliphatic heterocycles. The smallest absolute Gasteiger partial charge is 0.270 e. The van der Waals surface area contributed by atoms with Crippen LogP contribution < -0.4 is 19.7 Å². The fraction of sp³-hybridized carbons (Fsp3) is 0.160. The van der Waals surface area contributed by atoms with E-state index in [4.69, 9.17) is 33.3 Å². The lowest BCUT2D eigenvalue weighted by molar-refractivity contribution is -0.122. The highest BCUT2D eigenvalue weighted by Crippen LogP contribution is 2.35. The van der Waals surface area contributed by atoms with Crippen LogP contribution in [-0.4, -0.2) is 35.7 Å². The number of hydrogen-bond donors (Lipinski definition) is 1. The molecule has 0 saturated carbocycles. The van der Waals surface area contributed by atoms with Crippen molar-refractivity contribution in [2.24, 2.45) is 0 Å². The number of benzene rings is 2. The largest absolute Gasteiger partial charge is 0.497 e. The number of nitrogens with one attached hydrogen (secondary N) is 1. The monoisotopic (exact) mass is 495 g/mol. The van der Waals surface area contributed by atoms with Crippen molar-refractivity contribution in [1.82, 2.24) is 9.88 Å². The van der Waals surface area contributed by atoms with Gasteiger partial charge in [-0.3, -0.25) is 14.9 Å². The molecule has 9 heteroatoms. The molecular formula is C25H22ClN3O4S. The highest BCUT2D eigenvalue weighted by atomic mass is 35.5. The number of methoxy groups -OCH3 is 2. The van der Waals surface area contributed by atoms with E-state index in [-0.39, 0.29) is 10.7 Å². The van der Waals surface area contributed by atoms with Gasteiger partial charge in [0.25, 0.3) is 11.8 Å². The maximum absolute atomic E-state index is 13.5. The van der Waals surface area contributed by atoms with Gasteiger partial charge in [0.05, 0.1) is 19.9 Å². The van der Waals surface area contributed by atoms with Crippen LogP contribution in [-0.2, 0) is 9.59 Å². The maximum Gasteiger partial charge on any atom is 0.270 e. The summed E-state index contributed by atoms with van der Waals surface area (Å²) >= 11 is 11.4. The van der Waals surface area contributed by atoms with Gasteiger partial charge in [0.15, 0.2) is 5.11 Å². The van der Waals surface area contributed by atoms with E-state index in [0.717, 1.165) is 22.6 Å². The van der Waals surface area contributed by atoms with Crippen LogP contribution in [0.3, 0.4) is 0 Å². The fourth-order valence-electron chi connectivity index (χ4n) is 3.92. The molecule has 2 aromatic carbocycles. The van der Waals surface area contributed by atoms with Crippen LogP contribution in [0.15, 0.2) is 54.1 Å². The van der Waals surface area contributed by atoms with E-state index in [0.29, 0.717) is 22.2 Å². The third kappa shape index (κ3) is 4.18. The van der Waals surface area contributed by atoms with E-state index >= 15 is 0 Å². The summed E-state index contributed by atoms with van der Waals surface area (Å²) in [5.74, 6) is -0.200. The van der Waals surface area contributed by atoms with Crippen LogP contribution in [0.2, 0.25) is 5.02 Å². The molecule has 4 rings (SSSR count). The number of thiocarbonyl (C=S) groups is 1. The summed E-state index contributed by atoms with van der Waals surface area (Å²) in [5, 5.41) is 3.21. The molecular weight excluding hydrogens is 474 g/mol. The van der Waals surface area contributed by atoms with Crippen molar-refractivity contribution >= 4 is 52.5 Å². The first-order chi connectivity index (χ1) is 16.2. The van der Waals surface area contributed by atoms with Crippen molar-refractivity contribution in [3.63, 3.8) is 0 Å². The summed E-state index contributed by atoms with van der Waals surface area (Å²) in [7, 11) is 3.01. The number of aromatic nitrogens is 1. The van der Waals surface area contributed by atoms with Crippen molar-refractivity contribution in [2.45, 2.75) is 13.8 Å². The molecule has 0 aliphatic carbocycles. The van der Waals surface area contributed by atoms with E-state index in [1.165, 1.54) is 19.1 Å². The number of anilines is 1. The summed E-state index contributed by atoms with van der Waals surface area (Å²) in [6.07, 6.45) is 1.58. The molecule has 1 aromatic heterocycles. The number of rotatable bonds is 5. The lowest BCUT2D eigenvalue weighted by Gasteiger charge is -2.30. The second-order valence-electron chi connectivity index (χ2n) is 7.63. The Hall–Kier alpha value is -3.62. The van der Waals surface area contributed by atoms with E-state index in [1.54, 1.807) is 24.3 Å². The van der Waals surface area contributed by atoms with Crippen molar-refractivity contribution in [3.05, 3.63) is 76.1 Å². The van der Waals surface area contributed by atoms with Crippen LogP contribution in [0.5, 0.6) is 11.5 Å². The normalized spacial score (nSPS) is 15.0. The third-order valence-corrected chi connectivity index (χ3v) is 6.12. The van der Waals surface area contributed by atoms with Gasteiger partial charge in [0, 0.05) is 28.2 Å². The Kier molecular flexibility index (Phi) is 6.45.